The van der Waals surface area contributed by atoms with Gasteiger partial charge in [0.2, 0.25) is 0 Å². The maximum atomic E-state index is 13.1. The predicted molar refractivity (Wildman–Crippen MR) is 94.5 cm³/mol. The first-order valence-corrected chi connectivity index (χ1v) is 9.81. The lowest BCUT2D eigenvalue weighted by atomic mass is 9.85. The Hall–Kier alpha value is -2.16. The summed E-state index contributed by atoms with van der Waals surface area (Å²) >= 11 is 0. The second-order valence-corrected chi connectivity index (χ2v) is 8.41. The van der Waals surface area contributed by atoms with Crippen molar-refractivity contribution in [1.82, 2.24) is 9.29 Å². The van der Waals surface area contributed by atoms with E-state index in [9.17, 15) is 17.9 Å². The molecule has 3 heterocycles. The summed E-state index contributed by atoms with van der Waals surface area (Å²) in [5.41, 5.74) is 0.651. The van der Waals surface area contributed by atoms with Gasteiger partial charge in [-0.2, -0.15) is 4.31 Å². The van der Waals surface area contributed by atoms with Crippen LogP contribution in [-0.4, -0.2) is 40.9 Å². The zero-order valence-corrected chi connectivity index (χ0v) is 14.8. The van der Waals surface area contributed by atoms with Gasteiger partial charge in [-0.05, 0) is 42.7 Å². The van der Waals surface area contributed by atoms with Gasteiger partial charge in [0.25, 0.3) is 10.0 Å². The number of benzene rings is 1. The van der Waals surface area contributed by atoms with Gasteiger partial charge in [0.1, 0.15) is 5.82 Å². The molecule has 136 valence electrons. The lowest BCUT2D eigenvalue weighted by molar-refractivity contribution is -0.00936. The van der Waals surface area contributed by atoms with E-state index in [4.69, 9.17) is 0 Å². The van der Waals surface area contributed by atoms with Gasteiger partial charge in [0.05, 0.1) is 17.8 Å². The summed E-state index contributed by atoms with van der Waals surface area (Å²) < 4.78 is 40.4. The van der Waals surface area contributed by atoms with Gasteiger partial charge >= 0.3 is 0 Å². The molecule has 2 aliphatic heterocycles. The third kappa shape index (κ3) is 2.84. The molecule has 1 N–H and O–H groups in total. The third-order valence-electron chi connectivity index (χ3n) is 5.01. The monoisotopic (exact) mass is 375 g/mol. The van der Waals surface area contributed by atoms with E-state index in [2.05, 4.69) is 9.98 Å². The van der Waals surface area contributed by atoms with E-state index in [-0.39, 0.29) is 43.3 Å². The van der Waals surface area contributed by atoms with Crippen LogP contribution in [0.4, 0.5) is 4.39 Å². The molecule has 0 aliphatic carbocycles. The van der Waals surface area contributed by atoms with Crippen LogP contribution in [0.2, 0.25) is 0 Å². The molecule has 4 rings (SSSR count). The van der Waals surface area contributed by atoms with Crippen LogP contribution in [0.25, 0.3) is 0 Å². The highest BCUT2D eigenvalue weighted by atomic mass is 32.2. The molecule has 0 unspecified atom stereocenters. The van der Waals surface area contributed by atoms with Crippen molar-refractivity contribution in [3.05, 3.63) is 65.2 Å². The minimum absolute atomic E-state index is 0.0489. The van der Waals surface area contributed by atoms with E-state index in [0.29, 0.717) is 16.8 Å². The van der Waals surface area contributed by atoms with Crippen molar-refractivity contribution >= 4 is 15.1 Å². The van der Waals surface area contributed by atoms with Gasteiger partial charge in [-0.25, -0.2) is 12.8 Å². The Balaban J connectivity index is 1.54. The molecule has 2 aromatic rings. The molecular formula is C18H18FN3O3S. The molecule has 0 radical (unpaired) electrons. The smallest absolute Gasteiger partial charge is 0.260 e. The second kappa shape index (κ2) is 6.22. The van der Waals surface area contributed by atoms with Gasteiger partial charge in [0, 0.05) is 24.8 Å². The Morgan fingerprint density at radius 3 is 2.50 bits per heavy atom. The summed E-state index contributed by atoms with van der Waals surface area (Å²) in [5.74, 6) is -0.371. The highest BCUT2D eigenvalue weighted by Crippen LogP contribution is 2.34. The molecule has 8 heteroatoms. The summed E-state index contributed by atoms with van der Waals surface area (Å²) in [6.07, 6.45) is 2.10. The first kappa shape index (κ1) is 17.3. The van der Waals surface area contributed by atoms with E-state index < -0.39 is 15.6 Å². The number of aromatic nitrogens is 1. The number of rotatable bonds is 2. The lowest BCUT2D eigenvalue weighted by Crippen LogP contribution is -2.47. The Morgan fingerprint density at radius 1 is 1.12 bits per heavy atom. The number of aliphatic hydroxyl groups is 1. The number of halogens is 1. The molecule has 6 nitrogen and oxygen atoms in total. The Morgan fingerprint density at radius 2 is 1.81 bits per heavy atom. The van der Waals surface area contributed by atoms with Gasteiger partial charge < -0.3 is 5.11 Å². The highest BCUT2D eigenvalue weighted by molar-refractivity contribution is 8.05. The van der Waals surface area contributed by atoms with Crippen LogP contribution in [0, 0.1) is 5.82 Å². The molecule has 0 atom stereocenters. The zero-order valence-electron chi connectivity index (χ0n) is 14.0. The van der Waals surface area contributed by atoms with Crippen LogP contribution in [0.1, 0.15) is 29.7 Å². The average Bonchev–Trinajstić information content (AvgIpc) is 3.07. The molecule has 2 aliphatic rings. The number of hydrogen-bond donors (Lipinski definition) is 1. The summed E-state index contributed by atoms with van der Waals surface area (Å²) in [6, 6.07) is 9.09. The summed E-state index contributed by atoms with van der Waals surface area (Å²) in [5, 5.41) is 10.9. The predicted octanol–water partition coefficient (Wildman–Crippen LogP) is 1.79. The van der Waals surface area contributed by atoms with Gasteiger partial charge in [-0.3, -0.25) is 9.98 Å². The van der Waals surface area contributed by atoms with E-state index in [1.54, 1.807) is 30.5 Å². The van der Waals surface area contributed by atoms with Crippen molar-refractivity contribution in [3.8, 4) is 0 Å². The zero-order chi connectivity index (χ0) is 18.4. The molecule has 0 saturated carbocycles. The largest absolute Gasteiger partial charge is 0.385 e. The van der Waals surface area contributed by atoms with Crippen molar-refractivity contribution in [2.45, 2.75) is 25.0 Å². The van der Waals surface area contributed by atoms with E-state index in [1.165, 1.54) is 16.4 Å². The third-order valence-corrected chi connectivity index (χ3v) is 6.89. The molecule has 0 bridgehead atoms. The quantitative estimate of drug-likeness (QED) is 0.868. The molecule has 1 saturated heterocycles. The minimum Gasteiger partial charge on any atom is -0.385 e. The first-order valence-electron chi connectivity index (χ1n) is 8.37. The van der Waals surface area contributed by atoms with Gasteiger partial charge in [0.15, 0.2) is 5.04 Å². The average molecular weight is 375 g/mol. The molecule has 1 aromatic heterocycles. The fourth-order valence-electron chi connectivity index (χ4n) is 3.48. The van der Waals surface area contributed by atoms with E-state index >= 15 is 0 Å². The number of sulfonamides is 1. The van der Waals surface area contributed by atoms with Crippen molar-refractivity contribution in [2.75, 3.05) is 13.1 Å². The Bertz CT molecular complexity index is 965. The lowest BCUT2D eigenvalue weighted by Gasteiger charge is -2.37. The molecular weight excluding hydrogens is 357 g/mol. The summed E-state index contributed by atoms with van der Waals surface area (Å²) in [7, 11) is -3.74. The van der Waals surface area contributed by atoms with Crippen molar-refractivity contribution in [1.29, 1.82) is 0 Å². The van der Waals surface area contributed by atoms with Gasteiger partial charge in [-0.1, -0.05) is 12.1 Å². The van der Waals surface area contributed by atoms with Crippen LogP contribution in [0.5, 0.6) is 0 Å². The van der Waals surface area contributed by atoms with Crippen LogP contribution in [0.15, 0.2) is 47.6 Å². The number of hydrogen-bond acceptors (Lipinski definition) is 5. The number of fused-ring (bicyclic) bond motifs is 1. The van der Waals surface area contributed by atoms with E-state index in [0.717, 1.165) is 0 Å². The van der Waals surface area contributed by atoms with Crippen molar-refractivity contribution in [2.24, 2.45) is 4.99 Å². The summed E-state index contributed by atoms with van der Waals surface area (Å²) in [4.78, 5) is 8.34. The van der Waals surface area contributed by atoms with Crippen LogP contribution in [-0.2, 0) is 22.2 Å². The van der Waals surface area contributed by atoms with Crippen LogP contribution in [0.3, 0.4) is 0 Å². The maximum absolute atomic E-state index is 13.1. The number of piperidine rings is 1. The first-order chi connectivity index (χ1) is 12.4. The SMILES string of the molecule is O=S(=O)(C1=NCc2ncccc21)N1CCC(O)(c2ccc(F)cc2)CC1. The van der Waals surface area contributed by atoms with Crippen LogP contribution < -0.4 is 0 Å². The highest BCUT2D eigenvalue weighted by Gasteiger charge is 2.41. The topological polar surface area (TPSA) is 82.9 Å². The molecule has 1 fully saturated rings. The normalized spacial score (nSPS) is 19.8. The van der Waals surface area contributed by atoms with Gasteiger partial charge in [-0.15, -0.1) is 0 Å². The Labute approximate surface area is 151 Å². The molecule has 0 amide bonds. The fourth-order valence-corrected chi connectivity index (χ4v) is 5.08. The number of aliphatic imine (C=N–C) groups is 1. The Kier molecular flexibility index (Phi) is 4.13. The van der Waals surface area contributed by atoms with E-state index in [1.807, 2.05) is 0 Å². The number of nitrogens with zero attached hydrogens (tertiary/aromatic N) is 3. The molecule has 0 spiro atoms. The fraction of sp³-hybridized carbons (Fsp3) is 0.333. The number of pyridine rings is 1. The van der Waals surface area contributed by atoms with Crippen molar-refractivity contribution < 1.29 is 17.9 Å². The minimum atomic E-state index is -3.74. The van der Waals surface area contributed by atoms with Crippen molar-refractivity contribution in [3.63, 3.8) is 0 Å². The summed E-state index contributed by atoms with van der Waals surface area (Å²) in [6.45, 7) is 0.605. The van der Waals surface area contributed by atoms with Crippen LogP contribution >= 0.6 is 0 Å². The second-order valence-electron chi connectivity index (χ2n) is 6.56. The standard InChI is InChI=1S/C18H18FN3O3S/c19-14-5-3-13(4-6-14)18(23)7-10-22(11-8-18)26(24,25)17-15-2-1-9-20-16(15)12-21-17/h1-6,9,23H,7-8,10-12H2. The maximum Gasteiger partial charge on any atom is 0.260 e. The molecule has 1 aromatic carbocycles. The molecule has 26 heavy (non-hydrogen) atoms.